The zero-order chi connectivity index (χ0) is 21.2. The van der Waals surface area contributed by atoms with Gasteiger partial charge in [0.1, 0.15) is 17.6 Å². The van der Waals surface area contributed by atoms with E-state index in [9.17, 15) is 14.0 Å². The van der Waals surface area contributed by atoms with Crippen molar-refractivity contribution in [1.82, 2.24) is 10.2 Å². The van der Waals surface area contributed by atoms with Gasteiger partial charge in [0.2, 0.25) is 5.91 Å². The Bertz CT molecular complexity index is 825. The number of nitrogens with zero attached hydrogens (tertiary/aromatic N) is 1. The van der Waals surface area contributed by atoms with Crippen LogP contribution in [0.2, 0.25) is 0 Å². The van der Waals surface area contributed by atoms with Crippen LogP contribution in [0.5, 0.6) is 5.75 Å². The fourth-order valence-corrected chi connectivity index (χ4v) is 2.86. The number of nitrogens with one attached hydrogen (secondary N) is 1. The summed E-state index contributed by atoms with van der Waals surface area (Å²) < 4.78 is 19.8. The number of hydrogen-bond acceptors (Lipinski definition) is 3. The molecule has 2 aromatic rings. The molecule has 2 aromatic carbocycles. The van der Waals surface area contributed by atoms with Gasteiger partial charge in [-0.15, -0.1) is 0 Å². The smallest absolute Gasteiger partial charge is 0.261 e. The largest absolute Gasteiger partial charge is 0.484 e. The van der Waals surface area contributed by atoms with E-state index in [0.29, 0.717) is 17.9 Å². The van der Waals surface area contributed by atoms with Crippen LogP contribution >= 0.6 is 0 Å². The first kappa shape index (κ1) is 22.4. The van der Waals surface area contributed by atoms with Crippen LogP contribution in [0.15, 0.2) is 48.5 Å². The average Bonchev–Trinajstić information content (AvgIpc) is 2.71. The molecule has 0 fully saturated rings. The highest BCUT2D eigenvalue weighted by Gasteiger charge is 2.27. The number of carbonyl (C=O) groups excluding carboxylic acids is 2. The minimum atomic E-state index is -0.750. The van der Waals surface area contributed by atoms with Gasteiger partial charge in [-0.3, -0.25) is 9.59 Å². The molecule has 0 heterocycles. The van der Waals surface area contributed by atoms with Crippen molar-refractivity contribution in [3.05, 3.63) is 65.5 Å². The fraction of sp³-hybridized carbons (Fsp3) is 0.391. The molecule has 5 nitrogen and oxygen atoms in total. The second-order valence-corrected chi connectivity index (χ2v) is 7.04. The lowest BCUT2D eigenvalue weighted by molar-refractivity contribution is -0.142. The van der Waals surface area contributed by atoms with Gasteiger partial charge in [-0.1, -0.05) is 43.7 Å². The van der Waals surface area contributed by atoms with E-state index >= 15 is 0 Å². The number of unbranched alkanes of at least 4 members (excludes halogenated alkanes) is 1. The SMILES string of the molecule is CCCCNC(=O)C(C)N(Cc1ccccc1F)C(=O)COc1cccc(C)c1. The summed E-state index contributed by atoms with van der Waals surface area (Å²) >= 11 is 0. The van der Waals surface area contributed by atoms with Crippen LogP contribution < -0.4 is 10.1 Å². The number of benzene rings is 2. The highest BCUT2D eigenvalue weighted by molar-refractivity contribution is 5.87. The molecule has 0 saturated carbocycles. The van der Waals surface area contributed by atoms with Crippen molar-refractivity contribution in [2.75, 3.05) is 13.2 Å². The van der Waals surface area contributed by atoms with Gasteiger partial charge in [-0.05, 0) is 44.0 Å². The number of aryl methyl sites for hydroxylation is 1. The molecular formula is C23H29FN2O3. The van der Waals surface area contributed by atoms with Gasteiger partial charge in [0.05, 0.1) is 0 Å². The third-order valence-electron chi connectivity index (χ3n) is 4.65. The van der Waals surface area contributed by atoms with E-state index in [1.165, 1.54) is 11.0 Å². The molecule has 0 aliphatic rings. The van der Waals surface area contributed by atoms with Crippen molar-refractivity contribution in [2.45, 2.75) is 46.2 Å². The van der Waals surface area contributed by atoms with Crippen LogP contribution in [0.4, 0.5) is 4.39 Å². The number of carbonyl (C=O) groups is 2. The predicted octanol–water partition coefficient (Wildman–Crippen LogP) is 3.85. The summed E-state index contributed by atoms with van der Waals surface area (Å²) in [6, 6.07) is 12.9. The van der Waals surface area contributed by atoms with Gasteiger partial charge in [-0.25, -0.2) is 4.39 Å². The summed E-state index contributed by atoms with van der Waals surface area (Å²) in [5, 5.41) is 2.83. The van der Waals surface area contributed by atoms with Gasteiger partial charge in [0.25, 0.3) is 5.91 Å². The van der Waals surface area contributed by atoms with E-state index in [4.69, 9.17) is 4.74 Å². The molecule has 1 N–H and O–H groups in total. The maximum Gasteiger partial charge on any atom is 0.261 e. The Balaban J connectivity index is 2.12. The van der Waals surface area contributed by atoms with Crippen molar-refractivity contribution in [3.63, 3.8) is 0 Å². The molecule has 2 rings (SSSR count). The molecule has 0 saturated heterocycles. The molecule has 0 aliphatic carbocycles. The van der Waals surface area contributed by atoms with Gasteiger partial charge in [0, 0.05) is 18.7 Å². The average molecular weight is 400 g/mol. The Hall–Kier alpha value is -2.89. The van der Waals surface area contributed by atoms with Crippen LogP contribution in [-0.2, 0) is 16.1 Å². The molecule has 156 valence electrons. The van der Waals surface area contributed by atoms with E-state index in [-0.39, 0.29) is 25.0 Å². The van der Waals surface area contributed by atoms with E-state index in [0.717, 1.165) is 18.4 Å². The van der Waals surface area contributed by atoms with Gasteiger partial charge >= 0.3 is 0 Å². The summed E-state index contributed by atoms with van der Waals surface area (Å²) in [5.74, 6) is -0.487. The van der Waals surface area contributed by atoms with Crippen molar-refractivity contribution < 1.29 is 18.7 Å². The minimum absolute atomic E-state index is 0.00888. The summed E-state index contributed by atoms with van der Waals surface area (Å²) in [4.78, 5) is 26.8. The van der Waals surface area contributed by atoms with Gasteiger partial charge in [0.15, 0.2) is 6.61 Å². The highest BCUT2D eigenvalue weighted by atomic mass is 19.1. The molecular weight excluding hydrogens is 371 g/mol. The Morgan fingerprint density at radius 3 is 2.62 bits per heavy atom. The number of hydrogen-bond donors (Lipinski definition) is 1. The molecule has 1 unspecified atom stereocenters. The molecule has 29 heavy (non-hydrogen) atoms. The molecule has 0 bridgehead atoms. The summed E-state index contributed by atoms with van der Waals surface area (Å²) in [5.41, 5.74) is 1.37. The lowest BCUT2D eigenvalue weighted by atomic mass is 10.1. The van der Waals surface area contributed by atoms with Gasteiger partial charge in [-0.2, -0.15) is 0 Å². The monoisotopic (exact) mass is 400 g/mol. The zero-order valence-electron chi connectivity index (χ0n) is 17.3. The molecule has 0 spiro atoms. The summed E-state index contributed by atoms with van der Waals surface area (Å²) in [6.45, 7) is 5.91. The molecule has 1 atom stereocenters. The summed E-state index contributed by atoms with van der Waals surface area (Å²) in [7, 11) is 0. The fourth-order valence-electron chi connectivity index (χ4n) is 2.86. The van der Waals surface area contributed by atoms with Crippen molar-refractivity contribution in [1.29, 1.82) is 0 Å². The Kier molecular flexibility index (Phi) is 8.65. The zero-order valence-corrected chi connectivity index (χ0v) is 17.3. The third-order valence-corrected chi connectivity index (χ3v) is 4.65. The second-order valence-electron chi connectivity index (χ2n) is 7.04. The van der Waals surface area contributed by atoms with Gasteiger partial charge < -0.3 is 15.0 Å². The maximum absolute atomic E-state index is 14.2. The van der Waals surface area contributed by atoms with E-state index < -0.39 is 11.9 Å². The van der Waals surface area contributed by atoms with E-state index in [1.54, 1.807) is 31.2 Å². The van der Waals surface area contributed by atoms with Crippen LogP contribution in [0.1, 0.15) is 37.8 Å². The molecule has 6 heteroatoms. The topological polar surface area (TPSA) is 58.6 Å². The lowest BCUT2D eigenvalue weighted by Gasteiger charge is -2.29. The first-order valence-electron chi connectivity index (χ1n) is 9.92. The third kappa shape index (κ3) is 6.89. The molecule has 2 amide bonds. The Morgan fingerprint density at radius 2 is 1.93 bits per heavy atom. The predicted molar refractivity (Wildman–Crippen MR) is 111 cm³/mol. The van der Waals surface area contributed by atoms with Crippen molar-refractivity contribution in [2.24, 2.45) is 0 Å². The lowest BCUT2D eigenvalue weighted by Crippen LogP contribution is -2.49. The second kappa shape index (κ2) is 11.2. The molecule has 0 aromatic heterocycles. The van der Waals surface area contributed by atoms with Crippen LogP contribution in [-0.4, -0.2) is 35.9 Å². The van der Waals surface area contributed by atoms with E-state index in [2.05, 4.69) is 5.32 Å². The Labute approximate surface area is 171 Å². The number of halogens is 1. The highest BCUT2D eigenvalue weighted by Crippen LogP contribution is 2.15. The van der Waals surface area contributed by atoms with E-state index in [1.807, 2.05) is 32.0 Å². The van der Waals surface area contributed by atoms with Crippen molar-refractivity contribution >= 4 is 11.8 Å². The first-order valence-corrected chi connectivity index (χ1v) is 9.92. The van der Waals surface area contributed by atoms with Crippen molar-refractivity contribution in [3.8, 4) is 5.75 Å². The summed E-state index contributed by atoms with van der Waals surface area (Å²) in [6.07, 6.45) is 1.81. The van der Waals surface area contributed by atoms with Crippen LogP contribution in [0, 0.1) is 12.7 Å². The first-order chi connectivity index (χ1) is 13.9. The number of amides is 2. The molecule has 0 radical (unpaired) electrons. The van der Waals surface area contributed by atoms with Crippen LogP contribution in [0.25, 0.3) is 0 Å². The number of rotatable bonds is 10. The Morgan fingerprint density at radius 1 is 1.17 bits per heavy atom. The normalized spacial score (nSPS) is 11.6. The molecule has 0 aliphatic heterocycles. The number of ether oxygens (including phenoxy) is 1. The standard InChI is InChI=1S/C23H29FN2O3/c1-4-5-13-25-23(28)18(3)26(15-19-10-6-7-12-21(19)24)22(27)16-29-20-11-8-9-17(2)14-20/h6-12,14,18H,4-5,13,15-16H2,1-3H3,(H,25,28). The van der Waals surface area contributed by atoms with Crippen LogP contribution in [0.3, 0.4) is 0 Å². The maximum atomic E-state index is 14.2. The quantitative estimate of drug-likeness (QED) is 0.617. The minimum Gasteiger partial charge on any atom is -0.484 e.